The SMILES string of the molecule is CCF.COF.FCF.FCOF. The fourth-order valence-corrected chi connectivity index (χ4v) is 0. The van der Waals surface area contributed by atoms with Gasteiger partial charge in [0.15, 0.2) is 0 Å². The molecule has 0 aromatic rings. The van der Waals surface area contributed by atoms with Crippen LogP contribution in [0.4, 0.5) is 26.6 Å². The number of alkyl halides is 4. The van der Waals surface area contributed by atoms with Gasteiger partial charge in [-0.25, -0.2) is 13.2 Å². The van der Waals surface area contributed by atoms with Crippen molar-refractivity contribution < 1.29 is 36.5 Å². The minimum atomic E-state index is -1.75. The van der Waals surface area contributed by atoms with Gasteiger partial charge >= 0.3 is 0 Å². The summed E-state index contributed by atoms with van der Waals surface area (Å²) >= 11 is 0. The zero-order valence-electron chi connectivity index (χ0n) is 7.21. The van der Waals surface area contributed by atoms with E-state index in [0.29, 0.717) is 0 Å². The molecule has 0 rings (SSSR count). The van der Waals surface area contributed by atoms with E-state index in [2.05, 4.69) is 9.88 Å². The van der Waals surface area contributed by atoms with E-state index >= 15 is 0 Å². The minimum Gasteiger partial charge on any atom is -0.251 e. The first kappa shape index (κ1) is 22.9. The van der Waals surface area contributed by atoms with Gasteiger partial charge in [-0.1, -0.05) is 0 Å². The Morgan fingerprint density at radius 1 is 1.00 bits per heavy atom. The molecule has 0 amide bonds. The number of rotatable bonds is 1. The monoisotopic (exact) mass is 218 g/mol. The normalized spacial score (nSPS) is 6.46. The maximum absolute atomic E-state index is 10.3. The first-order chi connectivity index (χ1) is 6.16. The molecule has 8 heteroatoms. The van der Waals surface area contributed by atoms with Gasteiger partial charge in [0, 0.05) is 0 Å². The second-order valence-corrected chi connectivity index (χ2v) is 0.741. The maximum Gasteiger partial charge on any atom is 0.229 e. The van der Waals surface area contributed by atoms with Crippen molar-refractivity contribution in [2.75, 3.05) is 27.6 Å². The Hall–Kier alpha value is -0.500. The average Bonchev–Trinajstić information content (AvgIpc) is 2.08. The van der Waals surface area contributed by atoms with E-state index in [4.69, 9.17) is 0 Å². The van der Waals surface area contributed by atoms with Crippen molar-refractivity contribution in [2.45, 2.75) is 6.92 Å². The molecule has 0 unspecified atom stereocenters. The van der Waals surface area contributed by atoms with Crippen LogP contribution in [0.1, 0.15) is 6.92 Å². The van der Waals surface area contributed by atoms with E-state index in [9.17, 15) is 26.6 Å². The van der Waals surface area contributed by atoms with Crippen molar-refractivity contribution in [3.8, 4) is 0 Å². The van der Waals surface area contributed by atoms with Crippen molar-refractivity contribution in [1.29, 1.82) is 0 Å². The van der Waals surface area contributed by atoms with Gasteiger partial charge in [-0.15, -0.1) is 0 Å². The molecule has 0 bridgehead atoms. The number of halogens is 6. The molecule has 0 aliphatic heterocycles. The molecule has 0 spiro atoms. The highest BCUT2D eigenvalue weighted by molar-refractivity contribution is 3.86. The van der Waals surface area contributed by atoms with Crippen LogP contribution in [0.15, 0.2) is 0 Å². The van der Waals surface area contributed by atoms with Crippen LogP contribution in [0.5, 0.6) is 0 Å². The minimum absolute atomic E-state index is 0.250. The molecule has 0 aliphatic carbocycles. The molecule has 0 saturated heterocycles. The van der Waals surface area contributed by atoms with Crippen molar-refractivity contribution in [3.05, 3.63) is 0 Å². The standard InChI is InChI=1S/C2H5F.CH2F2O.CH2F2.CH3FO/c1-2-3;2-1-4-3;2-1-3;1-3-2/h2H2,1H3;1H2;1H2;1H3. The van der Waals surface area contributed by atoms with Gasteiger partial charge in [-0.05, 0) is 16.0 Å². The molecule has 13 heavy (non-hydrogen) atoms. The second-order valence-electron chi connectivity index (χ2n) is 0.741. The van der Waals surface area contributed by atoms with Crippen LogP contribution in [0, 0.1) is 0 Å². The van der Waals surface area contributed by atoms with Gasteiger partial charge in [0.25, 0.3) is 0 Å². The predicted octanol–water partition coefficient (Wildman–Crippen LogP) is 3.19. The second kappa shape index (κ2) is 62.6. The highest BCUT2D eigenvalue weighted by Crippen LogP contribution is 1.67. The van der Waals surface area contributed by atoms with Gasteiger partial charge in [0.1, 0.15) is 0 Å². The Morgan fingerprint density at radius 3 is 1.08 bits per heavy atom. The molecule has 86 valence electrons. The summed E-state index contributed by atoms with van der Waals surface area (Å²) in [6.45, 7) is -1.89. The van der Waals surface area contributed by atoms with Crippen LogP contribution in [0.2, 0.25) is 0 Å². The number of hydrogen-bond donors (Lipinski definition) is 0. The Kier molecular flexibility index (Phi) is 110. The summed E-state index contributed by atoms with van der Waals surface area (Å²) in [4.78, 5) is 5.12. The summed E-state index contributed by atoms with van der Waals surface area (Å²) in [5, 5.41) is 0. The fourth-order valence-electron chi connectivity index (χ4n) is 0. The molecule has 0 radical (unpaired) electrons. The lowest BCUT2D eigenvalue weighted by Crippen LogP contribution is -1.63. The van der Waals surface area contributed by atoms with E-state index in [1.54, 1.807) is 0 Å². The summed E-state index contributed by atoms with van der Waals surface area (Å²) in [5.74, 6) is 0. The van der Waals surface area contributed by atoms with Gasteiger partial charge in [-0.3, -0.25) is 4.39 Å². The Morgan fingerprint density at radius 2 is 1.08 bits per heavy atom. The molecule has 0 N–H and O–H groups in total. The molecule has 0 atom stereocenters. The van der Waals surface area contributed by atoms with E-state index < -0.39 is 13.8 Å². The topological polar surface area (TPSA) is 18.5 Å². The third kappa shape index (κ3) is 4150. The molecule has 0 heterocycles. The smallest absolute Gasteiger partial charge is 0.229 e. The third-order valence-electron chi connectivity index (χ3n) is 0.0412. The molecule has 0 saturated carbocycles. The summed E-state index contributed by atoms with van der Waals surface area (Å²) in [5.41, 5.74) is 0. The third-order valence-corrected chi connectivity index (χ3v) is 0.0412. The van der Waals surface area contributed by atoms with Crippen LogP contribution in [-0.4, -0.2) is 27.6 Å². The van der Waals surface area contributed by atoms with Crippen molar-refractivity contribution in [3.63, 3.8) is 0 Å². The van der Waals surface area contributed by atoms with Crippen molar-refractivity contribution >= 4 is 0 Å². The van der Waals surface area contributed by atoms with Crippen LogP contribution in [0.25, 0.3) is 0 Å². The Bertz CT molecular complexity index is 35.5. The van der Waals surface area contributed by atoms with E-state index in [0.717, 1.165) is 7.11 Å². The highest BCUT2D eigenvalue weighted by Gasteiger charge is 1.62. The first-order valence-electron chi connectivity index (χ1n) is 2.78. The molecule has 0 aromatic heterocycles. The average molecular weight is 218 g/mol. The van der Waals surface area contributed by atoms with Crippen LogP contribution in [0.3, 0.4) is 0 Å². The van der Waals surface area contributed by atoms with Gasteiger partial charge < -0.3 is 0 Å². The van der Waals surface area contributed by atoms with E-state index in [1.807, 2.05) is 0 Å². The van der Waals surface area contributed by atoms with Crippen molar-refractivity contribution in [2.24, 2.45) is 0 Å². The Labute approximate surface area is 72.2 Å². The van der Waals surface area contributed by atoms with Crippen LogP contribution < -0.4 is 0 Å². The fraction of sp³-hybridized carbons (Fsp3) is 1.00. The molecule has 2 nitrogen and oxygen atoms in total. The Balaban J connectivity index is -0.0000000420. The zero-order chi connectivity index (χ0) is 11.5. The van der Waals surface area contributed by atoms with Gasteiger partial charge in [0.05, 0.1) is 13.8 Å². The molecular formula is C5H12F6O2. The highest BCUT2D eigenvalue weighted by atomic mass is 19.3. The van der Waals surface area contributed by atoms with Gasteiger partial charge in [0.2, 0.25) is 13.8 Å². The lowest BCUT2D eigenvalue weighted by molar-refractivity contribution is -0.167. The van der Waals surface area contributed by atoms with E-state index in [-0.39, 0.29) is 6.67 Å². The van der Waals surface area contributed by atoms with Crippen LogP contribution >= 0.6 is 0 Å². The molecular weight excluding hydrogens is 206 g/mol. The van der Waals surface area contributed by atoms with Gasteiger partial charge in [-0.2, -0.15) is 9.88 Å². The van der Waals surface area contributed by atoms with E-state index in [1.165, 1.54) is 6.92 Å². The number of hydrogen-bond acceptors (Lipinski definition) is 2. The molecule has 0 aromatic carbocycles. The molecule has 0 fully saturated rings. The van der Waals surface area contributed by atoms with Crippen molar-refractivity contribution in [1.82, 2.24) is 0 Å². The quantitative estimate of drug-likeness (QED) is 0.629. The summed E-state index contributed by atoms with van der Waals surface area (Å²) in [6, 6.07) is 0. The summed E-state index contributed by atoms with van der Waals surface area (Å²) in [7, 11) is 0.958. The predicted molar refractivity (Wildman–Crippen MR) is 35.0 cm³/mol. The lowest BCUT2D eigenvalue weighted by Gasteiger charge is -1.64. The first-order valence-corrected chi connectivity index (χ1v) is 2.78. The maximum atomic E-state index is 10.3. The lowest BCUT2D eigenvalue weighted by atomic mass is 10.9. The molecule has 0 aliphatic rings. The van der Waals surface area contributed by atoms with Crippen LogP contribution in [-0.2, 0) is 9.88 Å². The summed E-state index contributed by atoms with van der Waals surface area (Å²) in [6.07, 6.45) is 0. The largest absolute Gasteiger partial charge is 0.251 e. The zero-order valence-corrected chi connectivity index (χ0v) is 7.21. The summed E-state index contributed by atoms with van der Waals surface area (Å²) < 4.78 is 59.3.